The molecule has 0 saturated heterocycles. The van der Waals surface area contributed by atoms with Gasteiger partial charge in [-0.15, -0.1) is 11.8 Å². The highest BCUT2D eigenvalue weighted by molar-refractivity contribution is 7.98. The lowest BCUT2D eigenvalue weighted by Crippen LogP contribution is -2.36. The van der Waals surface area contributed by atoms with Crippen LogP contribution in [0.4, 0.5) is 5.13 Å². The van der Waals surface area contributed by atoms with E-state index in [-0.39, 0.29) is 5.91 Å². The summed E-state index contributed by atoms with van der Waals surface area (Å²) >= 11 is 3.26. The highest BCUT2D eigenvalue weighted by Gasteiger charge is 2.22. The second-order valence-corrected chi connectivity index (χ2v) is 8.49. The number of hydrogen-bond acceptors (Lipinski definition) is 5. The van der Waals surface area contributed by atoms with E-state index in [1.54, 1.807) is 23.1 Å². The number of carbonyl (C=O) groups is 1. The SMILES string of the molecule is CCc1cccc2sc(N(CCN(C)C)C(=O)c3ccc(SC)cc3)nc12. The Kier molecular flexibility index (Phi) is 6.52. The molecule has 1 amide bonds. The van der Waals surface area contributed by atoms with Crippen molar-refractivity contribution in [2.24, 2.45) is 0 Å². The quantitative estimate of drug-likeness (QED) is 0.535. The third kappa shape index (κ3) is 4.51. The molecule has 0 unspecified atom stereocenters. The van der Waals surface area contributed by atoms with Gasteiger partial charge in [-0.1, -0.05) is 30.4 Å². The molecule has 6 heteroatoms. The molecule has 0 aliphatic rings. The Bertz CT molecular complexity index is 919. The summed E-state index contributed by atoms with van der Waals surface area (Å²) in [6.45, 7) is 3.53. The smallest absolute Gasteiger partial charge is 0.260 e. The van der Waals surface area contributed by atoms with Crippen molar-refractivity contribution in [1.29, 1.82) is 0 Å². The summed E-state index contributed by atoms with van der Waals surface area (Å²) in [5.74, 6) is 0.00149. The summed E-state index contributed by atoms with van der Waals surface area (Å²) in [5.41, 5.74) is 2.93. The van der Waals surface area contributed by atoms with Gasteiger partial charge in [0.2, 0.25) is 0 Å². The molecule has 3 aromatic rings. The zero-order valence-corrected chi connectivity index (χ0v) is 17.9. The minimum absolute atomic E-state index is 0.00149. The molecule has 0 N–H and O–H groups in total. The summed E-state index contributed by atoms with van der Waals surface area (Å²) in [5, 5.41) is 0.770. The molecule has 1 heterocycles. The first-order chi connectivity index (χ1) is 13.0. The molecule has 0 saturated carbocycles. The molecule has 0 aliphatic heterocycles. The van der Waals surface area contributed by atoms with E-state index in [9.17, 15) is 4.79 Å². The fourth-order valence-electron chi connectivity index (χ4n) is 2.87. The Balaban J connectivity index is 1.98. The number of nitrogens with zero attached hydrogens (tertiary/aromatic N) is 3. The van der Waals surface area contributed by atoms with Crippen molar-refractivity contribution in [3.63, 3.8) is 0 Å². The van der Waals surface area contributed by atoms with E-state index in [0.717, 1.165) is 33.2 Å². The van der Waals surface area contributed by atoms with Crippen LogP contribution in [-0.4, -0.2) is 49.2 Å². The summed E-state index contributed by atoms with van der Waals surface area (Å²) in [6.07, 6.45) is 2.97. The molecule has 2 aromatic carbocycles. The zero-order valence-electron chi connectivity index (χ0n) is 16.2. The minimum Gasteiger partial charge on any atom is -0.308 e. The van der Waals surface area contributed by atoms with Gasteiger partial charge in [-0.3, -0.25) is 9.69 Å². The van der Waals surface area contributed by atoms with Crippen molar-refractivity contribution in [1.82, 2.24) is 9.88 Å². The second-order valence-electron chi connectivity index (χ2n) is 6.60. The van der Waals surface area contributed by atoms with Gasteiger partial charge in [0.05, 0.1) is 10.2 Å². The predicted octanol–water partition coefficient (Wildman–Crippen LogP) is 4.79. The summed E-state index contributed by atoms with van der Waals surface area (Å²) in [7, 11) is 4.03. The van der Waals surface area contributed by atoms with Crippen LogP contribution in [0.1, 0.15) is 22.8 Å². The molecule has 1 aromatic heterocycles. The predicted molar refractivity (Wildman–Crippen MR) is 117 cm³/mol. The van der Waals surface area contributed by atoms with E-state index in [1.165, 1.54) is 5.56 Å². The normalized spacial score (nSPS) is 11.3. The Morgan fingerprint density at radius 1 is 1.11 bits per heavy atom. The molecule has 3 rings (SSSR count). The lowest BCUT2D eigenvalue weighted by molar-refractivity contribution is 0.0985. The largest absolute Gasteiger partial charge is 0.308 e. The average molecular weight is 400 g/mol. The number of aryl methyl sites for hydroxylation is 1. The Hall–Kier alpha value is -1.89. The number of carbonyl (C=O) groups excluding carboxylic acids is 1. The number of amides is 1. The fraction of sp³-hybridized carbons (Fsp3) is 0.333. The van der Waals surface area contributed by atoms with Crippen LogP contribution in [-0.2, 0) is 6.42 Å². The van der Waals surface area contributed by atoms with Crippen LogP contribution in [0, 0.1) is 0 Å². The van der Waals surface area contributed by atoms with E-state index in [1.807, 2.05) is 49.5 Å². The molecule has 0 aliphatic carbocycles. The maximum Gasteiger partial charge on any atom is 0.260 e. The molecule has 0 radical (unpaired) electrons. The highest BCUT2D eigenvalue weighted by Crippen LogP contribution is 2.32. The topological polar surface area (TPSA) is 36.4 Å². The molecule has 0 spiro atoms. The first-order valence-electron chi connectivity index (χ1n) is 9.02. The van der Waals surface area contributed by atoms with Crippen LogP contribution in [0.25, 0.3) is 10.2 Å². The van der Waals surface area contributed by atoms with Crippen LogP contribution < -0.4 is 4.90 Å². The van der Waals surface area contributed by atoms with Crippen LogP contribution in [0.15, 0.2) is 47.4 Å². The Labute approximate surface area is 169 Å². The first-order valence-corrected chi connectivity index (χ1v) is 11.1. The maximum absolute atomic E-state index is 13.3. The van der Waals surface area contributed by atoms with Crippen molar-refractivity contribution in [3.05, 3.63) is 53.6 Å². The van der Waals surface area contributed by atoms with Crippen molar-refractivity contribution in [3.8, 4) is 0 Å². The molecule has 27 heavy (non-hydrogen) atoms. The zero-order chi connectivity index (χ0) is 19.4. The molecule has 0 bridgehead atoms. The monoisotopic (exact) mass is 399 g/mol. The van der Waals surface area contributed by atoms with E-state index < -0.39 is 0 Å². The number of likely N-dealkylation sites (N-methyl/N-ethyl adjacent to an activating group) is 1. The van der Waals surface area contributed by atoms with Crippen molar-refractivity contribution < 1.29 is 4.79 Å². The number of aromatic nitrogens is 1. The summed E-state index contributed by atoms with van der Waals surface area (Å²) in [6, 6.07) is 14.1. The molecule has 142 valence electrons. The lowest BCUT2D eigenvalue weighted by atomic mass is 10.1. The number of anilines is 1. The van der Waals surface area contributed by atoms with E-state index in [4.69, 9.17) is 4.98 Å². The van der Waals surface area contributed by atoms with Crippen molar-refractivity contribution in [2.45, 2.75) is 18.2 Å². The third-order valence-corrected chi connectivity index (χ3v) is 6.24. The highest BCUT2D eigenvalue weighted by atomic mass is 32.2. The van der Waals surface area contributed by atoms with Gasteiger partial charge >= 0.3 is 0 Å². The van der Waals surface area contributed by atoms with Crippen molar-refractivity contribution in [2.75, 3.05) is 38.3 Å². The van der Waals surface area contributed by atoms with Gasteiger partial charge in [0, 0.05) is 23.5 Å². The van der Waals surface area contributed by atoms with Gasteiger partial charge in [0.25, 0.3) is 5.91 Å². The second kappa shape index (κ2) is 8.87. The van der Waals surface area contributed by atoms with Crippen LogP contribution in [0.2, 0.25) is 0 Å². The molecular formula is C21H25N3OS2. The van der Waals surface area contributed by atoms with Crippen LogP contribution >= 0.6 is 23.1 Å². The molecule has 0 atom stereocenters. The van der Waals surface area contributed by atoms with E-state index in [2.05, 4.69) is 30.0 Å². The number of fused-ring (bicyclic) bond motifs is 1. The van der Waals surface area contributed by atoms with E-state index >= 15 is 0 Å². The maximum atomic E-state index is 13.3. The number of thiazole rings is 1. The molecular weight excluding hydrogens is 374 g/mol. The van der Waals surface area contributed by atoms with Gasteiger partial charge in [0.15, 0.2) is 5.13 Å². The van der Waals surface area contributed by atoms with Gasteiger partial charge < -0.3 is 4.90 Å². The first kappa shape index (κ1) is 19.9. The van der Waals surface area contributed by atoms with Gasteiger partial charge in [-0.25, -0.2) is 4.98 Å². The van der Waals surface area contributed by atoms with Crippen molar-refractivity contribution >= 4 is 44.4 Å². The van der Waals surface area contributed by atoms with Crippen LogP contribution in [0.3, 0.4) is 0 Å². The number of para-hydroxylation sites is 1. The Morgan fingerprint density at radius 2 is 1.85 bits per heavy atom. The number of rotatable bonds is 7. The number of thioether (sulfide) groups is 1. The summed E-state index contributed by atoms with van der Waals surface area (Å²) in [4.78, 5) is 23.2. The minimum atomic E-state index is 0.00149. The van der Waals surface area contributed by atoms with Gasteiger partial charge in [-0.2, -0.15) is 0 Å². The van der Waals surface area contributed by atoms with Crippen LogP contribution in [0.5, 0.6) is 0 Å². The molecule has 0 fully saturated rings. The van der Waals surface area contributed by atoms with Gasteiger partial charge in [0.1, 0.15) is 0 Å². The summed E-state index contributed by atoms with van der Waals surface area (Å²) < 4.78 is 1.13. The number of hydrogen-bond donors (Lipinski definition) is 0. The number of benzene rings is 2. The van der Waals surface area contributed by atoms with Gasteiger partial charge in [-0.05, 0) is 62.7 Å². The lowest BCUT2D eigenvalue weighted by Gasteiger charge is -2.22. The fourth-order valence-corrected chi connectivity index (χ4v) is 4.31. The Morgan fingerprint density at radius 3 is 2.48 bits per heavy atom. The average Bonchev–Trinajstić information content (AvgIpc) is 3.11. The third-order valence-electron chi connectivity index (χ3n) is 4.46. The van der Waals surface area contributed by atoms with E-state index in [0.29, 0.717) is 12.1 Å². The standard InChI is InChI=1S/C21H25N3OS2/c1-5-15-7-6-8-18-19(15)22-21(27-18)24(14-13-23(2)3)20(25)16-9-11-17(26-4)12-10-16/h6-12H,5,13-14H2,1-4H3. The molecule has 4 nitrogen and oxygen atoms in total.